The van der Waals surface area contributed by atoms with Crippen molar-refractivity contribution < 1.29 is 18.7 Å². The normalized spacial score (nSPS) is 10.1. The van der Waals surface area contributed by atoms with Gasteiger partial charge in [-0.3, -0.25) is 9.59 Å². The summed E-state index contributed by atoms with van der Waals surface area (Å²) in [4.78, 5) is 23.3. The topological polar surface area (TPSA) is 79.5 Å². The number of rotatable bonds is 6. The highest BCUT2D eigenvalue weighted by atomic mass is 19.1. The molecule has 2 aromatic carbocycles. The fourth-order valence-corrected chi connectivity index (χ4v) is 2.23. The van der Waals surface area contributed by atoms with Gasteiger partial charge in [0.05, 0.1) is 19.3 Å². The van der Waals surface area contributed by atoms with E-state index >= 15 is 0 Å². The lowest BCUT2D eigenvalue weighted by Crippen LogP contribution is -2.22. The molecule has 0 aromatic heterocycles. The van der Waals surface area contributed by atoms with Crippen molar-refractivity contribution in [3.05, 3.63) is 47.8 Å². The van der Waals surface area contributed by atoms with E-state index in [-0.39, 0.29) is 18.4 Å². The Morgan fingerprint density at radius 1 is 1.08 bits per heavy atom. The molecule has 0 radical (unpaired) electrons. The molecule has 3 N–H and O–H groups in total. The van der Waals surface area contributed by atoms with E-state index < -0.39 is 5.82 Å². The van der Waals surface area contributed by atoms with E-state index in [1.165, 1.54) is 26.2 Å². The smallest absolute Gasteiger partial charge is 0.243 e. The van der Waals surface area contributed by atoms with Crippen LogP contribution in [-0.4, -0.2) is 25.5 Å². The fourth-order valence-electron chi connectivity index (χ4n) is 2.23. The second-order valence-corrected chi connectivity index (χ2v) is 5.46. The van der Waals surface area contributed by atoms with Gasteiger partial charge in [-0.1, -0.05) is 6.07 Å². The van der Waals surface area contributed by atoms with Gasteiger partial charge in [0.25, 0.3) is 0 Å². The van der Waals surface area contributed by atoms with Crippen molar-refractivity contribution in [2.24, 2.45) is 0 Å². The molecule has 6 nitrogen and oxygen atoms in total. The maximum Gasteiger partial charge on any atom is 0.243 e. The molecular formula is C18H20FN3O3. The zero-order valence-corrected chi connectivity index (χ0v) is 14.3. The zero-order valence-electron chi connectivity index (χ0n) is 14.3. The first-order valence-electron chi connectivity index (χ1n) is 7.64. The molecule has 0 aliphatic carbocycles. The number of halogens is 1. The van der Waals surface area contributed by atoms with Crippen LogP contribution in [0, 0.1) is 12.7 Å². The lowest BCUT2D eigenvalue weighted by Gasteiger charge is -2.14. The van der Waals surface area contributed by atoms with E-state index in [0.29, 0.717) is 22.8 Å². The summed E-state index contributed by atoms with van der Waals surface area (Å²) in [6.45, 7) is 3.14. The number of benzene rings is 2. The maximum absolute atomic E-state index is 13.3. The van der Waals surface area contributed by atoms with Gasteiger partial charge in [0, 0.05) is 18.3 Å². The van der Waals surface area contributed by atoms with E-state index in [9.17, 15) is 14.0 Å². The number of hydrogen-bond donors (Lipinski definition) is 3. The molecule has 0 aliphatic rings. The van der Waals surface area contributed by atoms with Gasteiger partial charge in [-0.15, -0.1) is 0 Å². The van der Waals surface area contributed by atoms with Gasteiger partial charge in [-0.25, -0.2) is 4.39 Å². The third-order valence-corrected chi connectivity index (χ3v) is 3.43. The molecule has 0 saturated heterocycles. The number of carbonyl (C=O) groups is 2. The van der Waals surface area contributed by atoms with Crippen LogP contribution < -0.4 is 20.7 Å². The van der Waals surface area contributed by atoms with E-state index in [0.717, 1.165) is 5.56 Å². The second kappa shape index (κ2) is 8.14. The predicted molar refractivity (Wildman–Crippen MR) is 95.6 cm³/mol. The highest BCUT2D eigenvalue weighted by Gasteiger charge is 2.09. The SMILES string of the molecule is COc1ccc(NC(C)=O)cc1NCC(=O)Nc1cc(F)ccc1C. The van der Waals surface area contributed by atoms with Gasteiger partial charge in [0.15, 0.2) is 0 Å². The Bertz CT molecular complexity index is 793. The number of nitrogens with one attached hydrogen (secondary N) is 3. The van der Waals surface area contributed by atoms with Crippen LogP contribution in [0.2, 0.25) is 0 Å². The Morgan fingerprint density at radius 3 is 2.52 bits per heavy atom. The van der Waals surface area contributed by atoms with Crippen LogP contribution in [0.5, 0.6) is 5.75 Å². The summed E-state index contributed by atoms with van der Waals surface area (Å²) >= 11 is 0. The minimum absolute atomic E-state index is 0.0458. The van der Waals surface area contributed by atoms with Crippen LogP contribution in [0.1, 0.15) is 12.5 Å². The van der Waals surface area contributed by atoms with Gasteiger partial charge < -0.3 is 20.7 Å². The molecule has 0 atom stereocenters. The van der Waals surface area contributed by atoms with E-state index in [1.54, 1.807) is 31.2 Å². The Labute approximate surface area is 145 Å². The predicted octanol–water partition coefficient (Wildman–Crippen LogP) is 3.15. The summed E-state index contributed by atoms with van der Waals surface area (Å²) in [7, 11) is 1.51. The third kappa shape index (κ3) is 5.20. The molecule has 0 saturated carbocycles. The Hall–Kier alpha value is -3.09. The summed E-state index contributed by atoms with van der Waals surface area (Å²) in [6, 6.07) is 9.25. The summed E-state index contributed by atoms with van der Waals surface area (Å²) < 4.78 is 18.5. The average molecular weight is 345 g/mol. The molecule has 0 spiro atoms. The van der Waals surface area contributed by atoms with Crippen LogP contribution in [0.25, 0.3) is 0 Å². The number of ether oxygens (including phenoxy) is 1. The molecule has 0 heterocycles. The van der Waals surface area contributed by atoms with Crippen molar-refractivity contribution in [3.8, 4) is 5.75 Å². The highest BCUT2D eigenvalue weighted by molar-refractivity contribution is 5.95. The van der Waals surface area contributed by atoms with Crippen molar-refractivity contribution in [3.63, 3.8) is 0 Å². The molecule has 0 unspecified atom stereocenters. The molecule has 0 fully saturated rings. The molecule has 2 amide bonds. The molecule has 25 heavy (non-hydrogen) atoms. The minimum atomic E-state index is -0.418. The van der Waals surface area contributed by atoms with Crippen LogP contribution in [0.3, 0.4) is 0 Å². The first kappa shape index (κ1) is 18.3. The van der Waals surface area contributed by atoms with Crippen LogP contribution in [0.4, 0.5) is 21.5 Å². The average Bonchev–Trinajstić information content (AvgIpc) is 2.56. The van der Waals surface area contributed by atoms with Crippen molar-refractivity contribution in [1.29, 1.82) is 0 Å². The summed E-state index contributed by atoms with van der Waals surface area (Å²) in [6.07, 6.45) is 0. The molecule has 2 rings (SSSR count). The quantitative estimate of drug-likeness (QED) is 0.751. The number of aryl methyl sites for hydroxylation is 1. The number of methoxy groups -OCH3 is 1. The van der Waals surface area contributed by atoms with Crippen molar-refractivity contribution in [2.45, 2.75) is 13.8 Å². The van der Waals surface area contributed by atoms with Crippen LogP contribution >= 0.6 is 0 Å². The van der Waals surface area contributed by atoms with Crippen molar-refractivity contribution in [1.82, 2.24) is 0 Å². The highest BCUT2D eigenvalue weighted by Crippen LogP contribution is 2.27. The number of hydrogen-bond acceptors (Lipinski definition) is 4. The fraction of sp³-hybridized carbons (Fsp3) is 0.222. The lowest BCUT2D eigenvalue weighted by atomic mass is 10.2. The number of carbonyl (C=O) groups excluding carboxylic acids is 2. The molecule has 7 heteroatoms. The van der Waals surface area contributed by atoms with Crippen LogP contribution in [0.15, 0.2) is 36.4 Å². The summed E-state index contributed by atoms with van der Waals surface area (Å²) in [5.41, 5.74) is 2.32. The zero-order chi connectivity index (χ0) is 18.4. The Morgan fingerprint density at radius 2 is 1.84 bits per heavy atom. The summed E-state index contributed by atoms with van der Waals surface area (Å²) in [5, 5.41) is 8.26. The first-order chi connectivity index (χ1) is 11.9. The van der Waals surface area contributed by atoms with Gasteiger partial charge in [0.2, 0.25) is 11.8 Å². The Kier molecular flexibility index (Phi) is 5.94. The van der Waals surface area contributed by atoms with Crippen LogP contribution in [-0.2, 0) is 9.59 Å². The first-order valence-corrected chi connectivity index (χ1v) is 7.64. The molecule has 0 bridgehead atoms. The monoisotopic (exact) mass is 345 g/mol. The molecule has 132 valence electrons. The summed E-state index contributed by atoms with van der Waals surface area (Å²) in [5.74, 6) is -0.418. The van der Waals surface area contributed by atoms with E-state index in [1.807, 2.05) is 0 Å². The lowest BCUT2D eigenvalue weighted by molar-refractivity contribution is -0.115. The van der Waals surface area contributed by atoms with E-state index in [2.05, 4.69) is 16.0 Å². The van der Waals surface area contributed by atoms with Gasteiger partial charge in [0.1, 0.15) is 11.6 Å². The van der Waals surface area contributed by atoms with Gasteiger partial charge >= 0.3 is 0 Å². The van der Waals surface area contributed by atoms with E-state index in [4.69, 9.17) is 4.74 Å². The van der Waals surface area contributed by atoms with Gasteiger partial charge in [-0.2, -0.15) is 0 Å². The maximum atomic E-state index is 13.3. The second-order valence-electron chi connectivity index (χ2n) is 5.46. The number of anilines is 3. The molecule has 0 aliphatic heterocycles. The van der Waals surface area contributed by atoms with Crippen molar-refractivity contribution in [2.75, 3.05) is 29.6 Å². The molecular weight excluding hydrogens is 325 g/mol. The Balaban J connectivity index is 2.05. The molecule has 2 aromatic rings. The minimum Gasteiger partial charge on any atom is -0.495 e. The number of amides is 2. The largest absolute Gasteiger partial charge is 0.495 e. The van der Waals surface area contributed by atoms with Crippen molar-refractivity contribution >= 4 is 28.9 Å². The van der Waals surface area contributed by atoms with Gasteiger partial charge in [-0.05, 0) is 42.8 Å². The third-order valence-electron chi connectivity index (χ3n) is 3.43. The standard InChI is InChI=1S/C18H20FN3O3/c1-11-4-5-13(19)8-15(11)22-18(24)10-20-16-9-14(21-12(2)23)6-7-17(16)25-3/h4-9,20H,10H2,1-3H3,(H,21,23)(H,22,24).